The lowest BCUT2D eigenvalue weighted by Crippen LogP contribution is -2.60. The normalized spacial score (nSPS) is 20.6. The summed E-state index contributed by atoms with van der Waals surface area (Å²) in [6, 6.07) is 0. The smallest absolute Gasteiger partial charge is 0.335 e. The fourth-order valence-electron chi connectivity index (χ4n) is 6.11. The SMILES string of the molecule is CC/C=C\C/C=C\C/C=C\C/C=C\C/C=C\C/C=C\CCC(=O)OCC(COC1OC(C(=O)O)C(O)C(O)C1O)OC(=O)CCCCCCC/C=C\C/C=C\CCCCCC. The predicted octanol–water partition coefficient (Wildman–Crippen LogP) is 10.0. The lowest BCUT2D eigenvalue weighted by molar-refractivity contribution is -0.298. The number of aliphatic hydroxyl groups excluding tert-OH is 3. The molecular formula is C50H78O11. The number of ether oxygens (including phenoxy) is 4. The fourth-order valence-corrected chi connectivity index (χ4v) is 6.11. The van der Waals surface area contributed by atoms with E-state index >= 15 is 0 Å². The summed E-state index contributed by atoms with van der Waals surface area (Å²) in [6.45, 7) is 3.59. The van der Waals surface area contributed by atoms with Crippen LogP contribution in [0.25, 0.3) is 0 Å². The molecule has 0 aromatic heterocycles. The standard InChI is InChI=1S/C50H78O11/c1-3-5-7-9-11-13-15-17-19-21-22-23-25-26-28-30-32-34-36-38-43(51)58-40-42(41-59-50-47(55)45(53)46(54)48(61-50)49(56)57)60-44(52)39-37-35-33-31-29-27-24-20-18-16-14-12-10-8-6-4-2/h5,7,11,13-14,16-17,19-20,22-24,26,28,32,34,42,45-48,50,53-55H,3-4,6,8-10,12,15,18,21,25,27,29-31,33,35-41H2,1-2H3,(H,56,57)/b7-5-,13-11-,16-14-,19-17-,23-22-,24-20-,28-26-,34-32-. The largest absolute Gasteiger partial charge is 0.479 e. The molecule has 11 nitrogen and oxygen atoms in total. The van der Waals surface area contributed by atoms with Crippen LogP contribution >= 0.6 is 0 Å². The third-order valence-corrected chi connectivity index (χ3v) is 9.68. The summed E-state index contributed by atoms with van der Waals surface area (Å²) in [7, 11) is 0. The Morgan fingerprint density at radius 2 is 1.00 bits per heavy atom. The van der Waals surface area contributed by atoms with Crippen LogP contribution in [0.15, 0.2) is 97.2 Å². The van der Waals surface area contributed by atoms with Crippen molar-refractivity contribution >= 4 is 17.9 Å². The van der Waals surface area contributed by atoms with Gasteiger partial charge in [-0.25, -0.2) is 4.79 Å². The summed E-state index contributed by atoms with van der Waals surface area (Å²) in [4.78, 5) is 36.8. The number of aliphatic hydroxyl groups is 3. The number of carbonyl (C=O) groups is 3. The number of hydrogen-bond donors (Lipinski definition) is 4. The van der Waals surface area contributed by atoms with E-state index in [2.05, 4.69) is 98.9 Å². The van der Waals surface area contributed by atoms with Crippen molar-refractivity contribution in [3.63, 3.8) is 0 Å². The van der Waals surface area contributed by atoms with E-state index in [1.807, 2.05) is 12.2 Å². The molecule has 61 heavy (non-hydrogen) atoms. The van der Waals surface area contributed by atoms with Crippen LogP contribution in [0.2, 0.25) is 0 Å². The molecule has 0 bridgehead atoms. The van der Waals surface area contributed by atoms with Gasteiger partial charge < -0.3 is 39.4 Å². The number of aliphatic carboxylic acids is 1. The van der Waals surface area contributed by atoms with Gasteiger partial charge in [0.25, 0.3) is 0 Å². The summed E-state index contributed by atoms with van der Waals surface area (Å²) in [5, 5.41) is 39.8. The molecule has 4 N–H and O–H groups in total. The van der Waals surface area contributed by atoms with Gasteiger partial charge in [0.15, 0.2) is 18.5 Å². The maximum absolute atomic E-state index is 12.8. The highest BCUT2D eigenvalue weighted by Gasteiger charge is 2.47. The summed E-state index contributed by atoms with van der Waals surface area (Å²) in [6.07, 6.45) is 43.2. The zero-order chi connectivity index (χ0) is 44.6. The third-order valence-electron chi connectivity index (χ3n) is 9.68. The van der Waals surface area contributed by atoms with Gasteiger partial charge in [0.05, 0.1) is 6.61 Å². The highest BCUT2D eigenvalue weighted by molar-refractivity contribution is 5.73. The Morgan fingerprint density at radius 1 is 0.525 bits per heavy atom. The van der Waals surface area contributed by atoms with Crippen molar-refractivity contribution in [2.24, 2.45) is 0 Å². The quantitative estimate of drug-likeness (QED) is 0.0269. The minimum Gasteiger partial charge on any atom is -0.479 e. The number of esters is 2. The van der Waals surface area contributed by atoms with Crippen LogP contribution in [0, 0.1) is 0 Å². The Hall–Kier alpha value is -3.87. The lowest BCUT2D eigenvalue weighted by Gasteiger charge is -2.38. The second-order valence-corrected chi connectivity index (χ2v) is 15.2. The molecule has 0 aromatic rings. The Kier molecular flexibility index (Phi) is 35.3. The van der Waals surface area contributed by atoms with Crippen LogP contribution in [0.1, 0.15) is 149 Å². The van der Waals surface area contributed by atoms with Crippen molar-refractivity contribution in [1.29, 1.82) is 0 Å². The molecule has 0 aliphatic carbocycles. The van der Waals surface area contributed by atoms with E-state index in [1.54, 1.807) is 0 Å². The third kappa shape index (κ3) is 30.8. The first-order valence-electron chi connectivity index (χ1n) is 22.8. The van der Waals surface area contributed by atoms with Crippen molar-refractivity contribution in [3.05, 3.63) is 97.2 Å². The van der Waals surface area contributed by atoms with Crippen LogP contribution in [0.3, 0.4) is 0 Å². The molecule has 11 heteroatoms. The highest BCUT2D eigenvalue weighted by atomic mass is 16.7. The average Bonchev–Trinajstić information content (AvgIpc) is 3.24. The maximum atomic E-state index is 12.8. The number of rotatable bonds is 36. The Labute approximate surface area is 366 Å². The second-order valence-electron chi connectivity index (χ2n) is 15.2. The van der Waals surface area contributed by atoms with Crippen LogP contribution < -0.4 is 0 Å². The molecule has 1 heterocycles. The molecule has 0 spiro atoms. The van der Waals surface area contributed by atoms with Crippen LogP contribution in [0.4, 0.5) is 0 Å². The molecule has 6 unspecified atom stereocenters. The van der Waals surface area contributed by atoms with Crippen molar-refractivity contribution in [2.45, 2.75) is 185 Å². The van der Waals surface area contributed by atoms with E-state index in [4.69, 9.17) is 18.9 Å². The number of carboxylic acids is 1. The Morgan fingerprint density at radius 3 is 1.52 bits per heavy atom. The van der Waals surface area contributed by atoms with Crippen LogP contribution in [0.5, 0.6) is 0 Å². The van der Waals surface area contributed by atoms with Crippen LogP contribution in [-0.4, -0.2) is 88.4 Å². The first-order chi connectivity index (χ1) is 29.7. The van der Waals surface area contributed by atoms with Gasteiger partial charge in [0.1, 0.15) is 24.9 Å². The van der Waals surface area contributed by atoms with E-state index < -0.39 is 61.3 Å². The van der Waals surface area contributed by atoms with E-state index in [0.717, 1.165) is 83.5 Å². The Bertz CT molecular complexity index is 1370. The minimum atomic E-state index is -1.88. The van der Waals surface area contributed by atoms with E-state index in [9.17, 15) is 34.8 Å². The summed E-state index contributed by atoms with van der Waals surface area (Å²) >= 11 is 0. The van der Waals surface area contributed by atoms with Gasteiger partial charge in [-0.2, -0.15) is 0 Å². The van der Waals surface area contributed by atoms with E-state index in [1.165, 1.54) is 25.7 Å². The molecule has 0 aromatic carbocycles. The highest BCUT2D eigenvalue weighted by Crippen LogP contribution is 2.23. The van der Waals surface area contributed by atoms with Crippen molar-refractivity contribution in [3.8, 4) is 0 Å². The number of hydrogen-bond acceptors (Lipinski definition) is 10. The molecular weight excluding hydrogens is 777 g/mol. The average molecular weight is 855 g/mol. The van der Waals surface area contributed by atoms with Gasteiger partial charge >= 0.3 is 17.9 Å². The van der Waals surface area contributed by atoms with Crippen LogP contribution in [-0.2, 0) is 33.3 Å². The molecule has 6 atom stereocenters. The second kappa shape index (κ2) is 39.0. The minimum absolute atomic E-state index is 0.102. The number of allylic oxidation sites excluding steroid dienone is 16. The zero-order valence-electron chi connectivity index (χ0n) is 37.1. The van der Waals surface area contributed by atoms with E-state index in [0.29, 0.717) is 12.8 Å². The summed E-state index contributed by atoms with van der Waals surface area (Å²) in [5.41, 5.74) is 0. The van der Waals surface area contributed by atoms with Crippen molar-refractivity contribution in [1.82, 2.24) is 0 Å². The van der Waals surface area contributed by atoms with Gasteiger partial charge in [-0.15, -0.1) is 0 Å². The molecule has 0 amide bonds. The van der Waals surface area contributed by atoms with Gasteiger partial charge in [0.2, 0.25) is 0 Å². The predicted molar refractivity (Wildman–Crippen MR) is 243 cm³/mol. The van der Waals surface area contributed by atoms with Gasteiger partial charge in [0, 0.05) is 12.8 Å². The van der Waals surface area contributed by atoms with Gasteiger partial charge in [-0.1, -0.05) is 150 Å². The summed E-state index contributed by atoms with van der Waals surface area (Å²) < 4.78 is 21.6. The first kappa shape index (κ1) is 55.1. The fraction of sp³-hybridized carbons (Fsp3) is 0.620. The summed E-state index contributed by atoms with van der Waals surface area (Å²) in [5.74, 6) is -2.58. The van der Waals surface area contributed by atoms with E-state index in [-0.39, 0.29) is 19.4 Å². The molecule has 1 aliphatic heterocycles. The topological polar surface area (TPSA) is 169 Å². The van der Waals surface area contributed by atoms with Gasteiger partial charge in [-0.3, -0.25) is 9.59 Å². The molecule has 1 saturated heterocycles. The number of unbranched alkanes of at least 4 members (excludes halogenated alkanes) is 9. The molecule has 1 fully saturated rings. The molecule has 0 saturated carbocycles. The molecule has 0 radical (unpaired) electrons. The first-order valence-corrected chi connectivity index (χ1v) is 22.8. The van der Waals surface area contributed by atoms with Gasteiger partial charge in [-0.05, 0) is 83.5 Å². The monoisotopic (exact) mass is 855 g/mol. The maximum Gasteiger partial charge on any atom is 0.335 e. The molecule has 344 valence electrons. The Balaban J connectivity index is 2.44. The number of carbonyl (C=O) groups excluding carboxylic acids is 2. The number of carboxylic acid groups (broad SMARTS) is 1. The lowest BCUT2D eigenvalue weighted by atomic mass is 9.99. The molecule has 1 rings (SSSR count). The van der Waals surface area contributed by atoms with Crippen molar-refractivity contribution in [2.75, 3.05) is 13.2 Å². The molecule has 1 aliphatic rings. The van der Waals surface area contributed by atoms with Crippen molar-refractivity contribution < 1.29 is 53.8 Å². The zero-order valence-corrected chi connectivity index (χ0v) is 37.1.